The van der Waals surface area contributed by atoms with Gasteiger partial charge in [0.05, 0.1) is 17.6 Å². The molecule has 0 fully saturated rings. The third kappa shape index (κ3) is 3.66. The van der Waals surface area contributed by atoms with Crippen molar-refractivity contribution >= 4 is 22.9 Å². The highest BCUT2D eigenvalue weighted by molar-refractivity contribution is 7.10. The van der Waals surface area contributed by atoms with Gasteiger partial charge in [0, 0.05) is 17.5 Å². The second-order valence-corrected chi connectivity index (χ2v) is 6.55. The van der Waals surface area contributed by atoms with Crippen molar-refractivity contribution < 1.29 is 9.53 Å². The molecule has 0 spiro atoms. The van der Waals surface area contributed by atoms with Gasteiger partial charge in [-0.1, -0.05) is 48.0 Å². The summed E-state index contributed by atoms with van der Waals surface area (Å²) in [6.07, 6.45) is 0.756. The third-order valence-electron chi connectivity index (χ3n) is 3.78. The van der Waals surface area contributed by atoms with Crippen LogP contribution in [-0.4, -0.2) is 13.0 Å². The lowest BCUT2D eigenvalue weighted by Crippen LogP contribution is -2.12. The summed E-state index contributed by atoms with van der Waals surface area (Å²) < 4.78 is 5.52. The number of aryl methyl sites for hydroxylation is 1. The molecule has 2 aromatic carbocycles. The summed E-state index contributed by atoms with van der Waals surface area (Å²) in [4.78, 5) is 13.6. The van der Waals surface area contributed by atoms with E-state index in [1.807, 2.05) is 54.8 Å². The van der Waals surface area contributed by atoms with Crippen LogP contribution in [-0.2, 0) is 6.42 Å². The number of carbonyl (C=O) groups excluding carboxylic acids is 1. The highest BCUT2D eigenvalue weighted by Gasteiger charge is 2.19. The van der Waals surface area contributed by atoms with Gasteiger partial charge < -0.3 is 10.1 Å². The first-order valence-corrected chi connectivity index (χ1v) is 8.61. The van der Waals surface area contributed by atoms with E-state index in [0.29, 0.717) is 11.3 Å². The number of hydrogen-bond donors (Lipinski definition) is 1. The van der Waals surface area contributed by atoms with Crippen LogP contribution < -0.4 is 10.1 Å². The summed E-state index contributed by atoms with van der Waals surface area (Å²) in [6.45, 7) is 2.02. The van der Waals surface area contributed by atoms with Crippen molar-refractivity contribution in [1.82, 2.24) is 0 Å². The second-order valence-electron chi connectivity index (χ2n) is 5.59. The Hall–Kier alpha value is -2.59. The maximum absolute atomic E-state index is 12.6. The molecule has 0 bridgehead atoms. The summed E-state index contributed by atoms with van der Waals surface area (Å²) in [5.41, 5.74) is 3.71. The number of anilines is 1. The molecule has 24 heavy (non-hydrogen) atoms. The van der Waals surface area contributed by atoms with E-state index in [1.54, 1.807) is 18.4 Å². The van der Waals surface area contributed by atoms with Crippen LogP contribution >= 0.6 is 11.3 Å². The average Bonchev–Trinajstić information content (AvgIpc) is 3.00. The summed E-state index contributed by atoms with van der Waals surface area (Å²) in [6, 6.07) is 17.9. The van der Waals surface area contributed by atoms with Crippen LogP contribution in [0, 0.1) is 6.92 Å². The molecule has 0 saturated heterocycles. The molecule has 3 rings (SSSR count). The smallest absolute Gasteiger partial charge is 0.260 e. The zero-order chi connectivity index (χ0) is 16.9. The van der Waals surface area contributed by atoms with Gasteiger partial charge in [-0.3, -0.25) is 4.79 Å². The van der Waals surface area contributed by atoms with Crippen LogP contribution in [0.5, 0.6) is 5.75 Å². The van der Waals surface area contributed by atoms with Crippen LogP contribution in [0.1, 0.15) is 26.4 Å². The lowest BCUT2D eigenvalue weighted by molar-refractivity contribution is 0.102. The van der Waals surface area contributed by atoms with Crippen molar-refractivity contribution in [3.05, 3.63) is 81.5 Å². The monoisotopic (exact) mass is 337 g/mol. The maximum Gasteiger partial charge on any atom is 0.260 e. The first-order valence-electron chi connectivity index (χ1n) is 7.73. The lowest BCUT2D eigenvalue weighted by atomic mass is 10.1. The molecule has 0 aliphatic rings. The van der Waals surface area contributed by atoms with Crippen molar-refractivity contribution in [3.8, 4) is 5.75 Å². The standard InChI is InChI=1S/C20H19NO2S/c1-14-8-10-16(11-9-14)21-20(22)17-13-24-18(19(17)23-2)12-15-6-4-3-5-7-15/h3-11,13H,12H2,1-2H3,(H,21,22). The van der Waals surface area contributed by atoms with E-state index in [0.717, 1.165) is 22.5 Å². The molecule has 3 aromatic rings. The molecule has 4 heteroatoms. The van der Waals surface area contributed by atoms with Crippen molar-refractivity contribution in [2.45, 2.75) is 13.3 Å². The quantitative estimate of drug-likeness (QED) is 0.718. The van der Waals surface area contributed by atoms with Gasteiger partial charge in [0.25, 0.3) is 5.91 Å². The van der Waals surface area contributed by atoms with Crippen molar-refractivity contribution in [2.24, 2.45) is 0 Å². The summed E-state index contributed by atoms with van der Waals surface area (Å²) >= 11 is 1.55. The normalized spacial score (nSPS) is 10.4. The predicted molar refractivity (Wildman–Crippen MR) is 99.3 cm³/mol. The fourth-order valence-corrected chi connectivity index (χ4v) is 3.53. The Morgan fingerprint density at radius 3 is 2.46 bits per heavy atom. The van der Waals surface area contributed by atoms with Gasteiger partial charge >= 0.3 is 0 Å². The Labute approximate surface area is 145 Å². The zero-order valence-electron chi connectivity index (χ0n) is 13.7. The van der Waals surface area contributed by atoms with Gasteiger partial charge in [-0.05, 0) is 24.6 Å². The minimum absolute atomic E-state index is 0.147. The van der Waals surface area contributed by atoms with Gasteiger partial charge in [0.1, 0.15) is 5.75 Å². The molecular weight excluding hydrogens is 318 g/mol. The van der Waals surface area contributed by atoms with E-state index < -0.39 is 0 Å². The molecule has 0 atom stereocenters. The topological polar surface area (TPSA) is 38.3 Å². The molecule has 0 radical (unpaired) electrons. The molecule has 0 aliphatic heterocycles. The first kappa shape index (κ1) is 16.3. The SMILES string of the molecule is COc1c(C(=O)Nc2ccc(C)cc2)csc1Cc1ccccc1. The summed E-state index contributed by atoms with van der Waals surface area (Å²) in [7, 11) is 1.61. The Kier molecular flexibility index (Phi) is 4.96. The molecule has 1 aromatic heterocycles. The van der Waals surface area contributed by atoms with E-state index in [-0.39, 0.29) is 5.91 Å². The average molecular weight is 337 g/mol. The Balaban J connectivity index is 1.80. The Morgan fingerprint density at radius 1 is 1.08 bits per heavy atom. The number of hydrogen-bond acceptors (Lipinski definition) is 3. The third-order valence-corrected chi connectivity index (χ3v) is 4.75. The predicted octanol–water partition coefficient (Wildman–Crippen LogP) is 4.91. The number of ether oxygens (including phenoxy) is 1. The molecule has 0 unspecified atom stereocenters. The highest BCUT2D eigenvalue weighted by atomic mass is 32.1. The molecule has 122 valence electrons. The lowest BCUT2D eigenvalue weighted by Gasteiger charge is -2.08. The molecular formula is C20H19NO2S. The number of thiophene rings is 1. The molecule has 1 heterocycles. The van der Waals surface area contributed by atoms with Gasteiger partial charge in [0.15, 0.2) is 0 Å². The van der Waals surface area contributed by atoms with Crippen LogP contribution in [0.25, 0.3) is 0 Å². The summed E-state index contributed by atoms with van der Waals surface area (Å²) in [5.74, 6) is 0.514. The molecule has 0 aliphatic carbocycles. The van der Waals surface area contributed by atoms with E-state index in [1.165, 1.54) is 5.56 Å². The van der Waals surface area contributed by atoms with Gasteiger partial charge in [-0.2, -0.15) is 0 Å². The number of benzene rings is 2. The van der Waals surface area contributed by atoms with Gasteiger partial charge in [-0.15, -0.1) is 11.3 Å². The number of nitrogens with one attached hydrogen (secondary N) is 1. The summed E-state index contributed by atoms with van der Waals surface area (Å²) in [5, 5.41) is 4.79. The van der Waals surface area contributed by atoms with Crippen LogP contribution in [0.15, 0.2) is 60.0 Å². The fourth-order valence-electron chi connectivity index (χ4n) is 2.51. The Morgan fingerprint density at radius 2 is 1.79 bits per heavy atom. The first-order chi connectivity index (χ1) is 11.7. The van der Waals surface area contributed by atoms with Gasteiger partial charge in [-0.25, -0.2) is 0 Å². The molecule has 0 saturated carbocycles. The van der Waals surface area contributed by atoms with E-state index >= 15 is 0 Å². The zero-order valence-corrected chi connectivity index (χ0v) is 14.5. The Bertz CT molecular complexity index is 823. The molecule has 1 amide bonds. The van der Waals surface area contributed by atoms with Crippen molar-refractivity contribution in [2.75, 3.05) is 12.4 Å². The largest absolute Gasteiger partial charge is 0.495 e. The minimum Gasteiger partial charge on any atom is -0.495 e. The molecule has 3 nitrogen and oxygen atoms in total. The van der Waals surface area contributed by atoms with E-state index in [9.17, 15) is 4.79 Å². The van der Waals surface area contributed by atoms with Crippen molar-refractivity contribution in [3.63, 3.8) is 0 Å². The minimum atomic E-state index is -0.147. The number of carbonyl (C=O) groups is 1. The van der Waals surface area contributed by atoms with E-state index in [2.05, 4.69) is 17.4 Å². The van der Waals surface area contributed by atoms with Crippen LogP contribution in [0.4, 0.5) is 5.69 Å². The van der Waals surface area contributed by atoms with Crippen LogP contribution in [0.3, 0.4) is 0 Å². The van der Waals surface area contributed by atoms with Crippen LogP contribution in [0.2, 0.25) is 0 Å². The fraction of sp³-hybridized carbons (Fsp3) is 0.150. The highest BCUT2D eigenvalue weighted by Crippen LogP contribution is 2.33. The van der Waals surface area contributed by atoms with Gasteiger partial charge in [0.2, 0.25) is 0 Å². The van der Waals surface area contributed by atoms with E-state index in [4.69, 9.17) is 4.74 Å². The maximum atomic E-state index is 12.6. The second kappa shape index (κ2) is 7.32. The number of rotatable bonds is 5. The number of methoxy groups -OCH3 is 1. The molecule has 1 N–H and O–H groups in total. The van der Waals surface area contributed by atoms with Crippen molar-refractivity contribution in [1.29, 1.82) is 0 Å². The number of amides is 1.